The van der Waals surface area contributed by atoms with Crippen molar-refractivity contribution in [2.45, 2.75) is 6.54 Å². The van der Waals surface area contributed by atoms with E-state index in [1.54, 1.807) is 24.3 Å². The maximum absolute atomic E-state index is 13.2. The van der Waals surface area contributed by atoms with E-state index in [1.807, 2.05) is 0 Å². The summed E-state index contributed by atoms with van der Waals surface area (Å²) >= 11 is 0. The van der Waals surface area contributed by atoms with Gasteiger partial charge in [-0.15, -0.1) is 0 Å². The Kier molecular flexibility index (Phi) is 4.71. The molecular formula is C17H15FN2O4S. The summed E-state index contributed by atoms with van der Waals surface area (Å²) in [5.41, 5.74) is 0.366. The Balaban J connectivity index is 1.81. The van der Waals surface area contributed by atoms with Crippen LogP contribution >= 0.6 is 0 Å². The average molecular weight is 362 g/mol. The van der Waals surface area contributed by atoms with Crippen molar-refractivity contribution in [1.82, 2.24) is 4.98 Å². The third-order valence-electron chi connectivity index (χ3n) is 3.31. The molecule has 130 valence electrons. The molecule has 8 heteroatoms. The number of anilines is 1. The molecule has 0 aliphatic carbocycles. The van der Waals surface area contributed by atoms with E-state index in [0.717, 1.165) is 6.26 Å². The number of halogens is 1. The molecule has 0 saturated carbocycles. The summed E-state index contributed by atoms with van der Waals surface area (Å²) in [5.74, 6) is 0.609. The Morgan fingerprint density at radius 1 is 1.20 bits per heavy atom. The van der Waals surface area contributed by atoms with Gasteiger partial charge in [0.05, 0.1) is 30.9 Å². The lowest BCUT2D eigenvalue weighted by Crippen LogP contribution is -2.29. The molecule has 0 radical (unpaired) electrons. The molecule has 0 spiro atoms. The zero-order chi connectivity index (χ0) is 17.9. The van der Waals surface area contributed by atoms with E-state index in [2.05, 4.69) is 4.98 Å². The van der Waals surface area contributed by atoms with Gasteiger partial charge in [-0.05, 0) is 30.3 Å². The van der Waals surface area contributed by atoms with Crippen LogP contribution in [0, 0.1) is 5.82 Å². The second kappa shape index (κ2) is 6.94. The smallest absolute Gasteiger partial charge is 0.232 e. The molecule has 0 unspecified atom stereocenters. The Labute approximate surface area is 144 Å². The maximum atomic E-state index is 13.2. The van der Waals surface area contributed by atoms with Crippen LogP contribution in [-0.2, 0) is 16.6 Å². The summed E-state index contributed by atoms with van der Waals surface area (Å²) < 4.78 is 49.1. The van der Waals surface area contributed by atoms with Crippen LogP contribution in [0.3, 0.4) is 0 Å². The van der Waals surface area contributed by atoms with Crippen LogP contribution in [-0.4, -0.2) is 19.7 Å². The zero-order valence-corrected chi connectivity index (χ0v) is 14.1. The number of aromatic nitrogens is 1. The minimum atomic E-state index is -3.53. The molecule has 0 aliphatic heterocycles. The quantitative estimate of drug-likeness (QED) is 0.670. The van der Waals surface area contributed by atoms with E-state index < -0.39 is 15.8 Å². The van der Waals surface area contributed by atoms with E-state index in [-0.39, 0.29) is 12.4 Å². The predicted octanol–water partition coefficient (Wildman–Crippen LogP) is 3.57. The standard InChI is InChI=1S/C17H15FN2O4S/c1-25(21,22)20(12-16-6-3-9-23-16)14-7-8-17(19-11-14)24-15-5-2-4-13(18)10-15/h2-11H,12H2,1H3. The monoisotopic (exact) mass is 362 g/mol. The van der Waals surface area contributed by atoms with E-state index >= 15 is 0 Å². The van der Waals surface area contributed by atoms with Crippen molar-refractivity contribution in [1.29, 1.82) is 0 Å². The van der Waals surface area contributed by atoms with Gasteiger partial charge in [0.25, 0.3) is 0 Å². The van der Waals surface area contributed by atoms with Crippen molar-refractivity contribution < 1.29 is 22.0 Å². The van der Waals surface area contributed by atoms with E-state index in [0.29, 0.717) is 17.2 Å². The first-order chi connectivity index (χ1) is 11.9. The number of pyridine rings is 1. The molecule has 0 aliphatic rings. The number of ether oxygens (including phenoxy) is 1. The van der Waals surface area contributed by atoms with Crippen molar-refractivity contribution in [3.05, 3.63) is 72.6 Å². The molecule has 3 rings (SSSR count). The van der Waals surface area contributed by atoms with Gasteiger partial charge in [0.2, 0.25) is 15.9 Å². The average Bonchev–Trinajstić information content (AvgIpc) is 3.06. The second-order valence-corrected chi connectivity index (χ2v) is 7.17. The Morgan fingerprint density at radius 2 is 2.04 bits per heavy atom. The third-order valence-corrected chi connectivity index (χ3v) is 4.45. The first kappa shape index (κ1) is 17.0. The molecule has 3 aromatic rings. The molecule has 25 heavy (non-hydrogen) atoms. The molecule has 0 N–H and O–H groups in total. The summed E-state index contributed by atoms with van der Waals surface area (Å²) in [5, 5.41) is 0. The van der Waals surface area contributed by atoms with Gasteiger partial charge < -0.3 is 9.15 Å². The minimum absolute atomic E-state index is 0.0532. The molecular weight excluding hydrogens is 347 g/mol. The number of rotatable bonds is 6. The fourth-order valence-corrected chi connectivity index (χ4v) is 3.03. The van der Waals surface area contributed by atoms with Crippen molar-refractivity contribution in [2.75, 3.05) is 10.6 Å². The van der Waals surface area contributed by atoms with Crippen molar-refractivity contribution in [3.63, 3.8) is 0 Å². The van der Waals surface area contributed by atoms with Crippen LogP contribution in [0.5, 0.6) is 11.6 Å². The summed E-state index contributed by atoms with van der Waals surface area (Å²) in [7, 11) is -3.53. The second-order valence-electron chi connectivity index (χ2n) is 5.26. The SMILES string of the molecule is CS(=O)(=O)N(Cc1ccco1)c1ccc(Oc2cccc(F)c2)nc1. The van der Waals surface area contributed by atoms with Gasteiger partial charge in [0.1, 0.15) is 17.3 Å². The topological polar surface area (TPSA) is 72.6 Å². The lowest BCUT2D eigenvalue weighted by Gasteiger charge is -2.21. The molecule has 2 aromatic heterocycles. The summed E-state index contributed by atoms with van der Waals surface area (Å²) in [6.45, 7) is 0.0532. The van der Waals surface area contributed by atoms with Crippen LogP contribution in [0.2, 0.25) is 0 Å². The normalized spacial score (nSPS) is 11.3. The molecule has 1 aromatic carbocycles. The fraction of sp³-hybridized carbons (Fsp3) is 0.118. The zero-order valence-electron chi connectivity index (χ0n) is 13.3. The van der Waals surface area contributed by atoms with Crippen LogP contribution in [0.15, 0.2) is 65.4 Å². The Bertz CT molecular complexity index is 941. The number of sulfonamides is 1. The van der Waals surface area contributed by atoms with Gasteiger partial charge in [0.15, 0.2) is 0 Å². The van der Waals surface area contributed by atoms with E-state index in [1.165, 1.54) is 41.0 Å². The van der Waals surface area contributed by atoms with Gasteiger partial charge in [-0.3, -0.25) is 4.31 Å². The maximum Gasteiger partial charge on any atom is 0.232 e. The molecule has 2 heterocycles. The third kappa shape index (κ3) is 4.36. The first-order valence-corrected chi connectivity index (χ1v) is 9.16. The number of hydrogen-bond acceptors (Lipinski definition) is 5. The van der Waals surface area contributed by atoms with Gasteiger partial charge >= 0.3 is 0 Å². The van der Waals surface area contributed by atoms with Crippen LogP contribution in [0.1, 0.15) is 5.76 Å². The molecule has 0 saturated heterocycles. The van der Waals surface area contributed by atoms with Crippen molar-refractivity contribution in [2.24, 2.45) is 0 Å². The van der Waals surface area contributed by atoms with Gasteiger partial charge in [-0.25, -0.2) is 17.8 Å². The minimum Gasteiger partial charge on any atom is -0.467 e. The van der Waals surface area contributed by atoms with Gasteiger partial charge in [0, 0.05) is 12.1 Å². The summed E-state index contributed by atoms with van der Waals surface area (Å²) in [6, 6.07) is 12.1. The predicted molar refractivity (Wildman–Crippen MR) is 90.4 cm³/mol. The van der Waals surface area contributed by atoms with Crippen LogP contribution < -0.4 is 9.04 Å². The number of nitrogens with zero attached hydrogens (tertiary/aromatic N) is 2. The Morgan fingerprint density at radius 3 is 2.64 bits per heavy atom. The molecule has 0 fully saturated rings. The highest BCUT2D eigenvalue weighted by Crippen LogP contribution is 2.24. The van der Waals surface area contributed by atoms with Gasteiger partial charge in [-0.2, -0.15) is 0 Å². The highest BCUT2D eigenvalue weighted by atomic mass is 32.2. The Hall–Kier alpha value is -2.87. The molecule has 6 nitrogen and oxygen atoms in total. The number of benzene rings is 1. The van der Waals surface area contributed by atoms with Crippen LogP contribution in [0.4, 0.5) is 10.1 Å². The van der Waals surface area contributed by atoms with E-state index in [4.69, 9.17) is 9.15 Å². The largest absolute Gasteiger partial charge is 0.467 e. The van der Waals surface area contributed by atoms with E-state index in [9.17, 15) is 12.8 Å². The highest BCUT2D eigenvalue weighted by molar-refractivity contribution is 7.92. The lowest BCUT2D eigenvalue weighted by atomic mass is 10.3. The molecule has 0 bridgehead atoms. The molecule has 0 amide bonds. The van der Waals surface area contributed by atoms with Crippen molar-refractivity contribution in [3.8, 4) is 11.6 Å². The van der Waals surface area contributed by atoms with Gasteiger partial charge in [-0.1, -0.05) is 6.07 Å². The van der Waals surface area contributed by atoms with Crippen LogP contribution in [0.25, 0.3) is 0 Å². The first-order valence-electron chi connectivity index (χ1n) is 7.31. The highest BCUT2D eigenvalue weighted by Gasteiger charge is 2.19. The van der Waals surface area contributed by atoms with Crippen molar-refractivity contribution >= 4 is 15.7 Å². The summed E-state index contributed by atoms with van der Waals surface area (Å²) in [6.07, 6.45) is 3.95. The fourth-order valence-electron chi connectivity index (χ4n) is 2.18. The molecule has 0 atom stereocenters. The lowest BCUT2D eigenvalue weighted by molar-refractivity contribution is 0.458. The number of furan rings is 1. The summed E-state index contributed by atoms with van der Waals surface area (Å²) in [4.78, 5) is 4.09. The number of hydrogen-bond donors (Lipinski definition) is 0.